The predicted octanol–water partition coefficient (Wildman–Crippen LogP) is 7.25. The van der Waals surface area contributed by atoms with Crippen LogP contribution in [0.25, 0.3) is 22.2 Å². The number of pyridine rings is 1. The summed E-state index contributed by atoms with van der Waals surface area (Å²) in [5.41, 5.74) is -2.98. The van der Waals surface area contributed by atoms with Crippen molar-refractivity contribution in [3.63, 3.8) is 0 Å². The third-order valence-electron chi connectivity index (χ3n) is 7.78. The maximum absolute atomic E-state index is 13.3. The lowest BCUT2D eigenvalue weighted by Crippen LogP contribution is -2.48. The molecule has 7 nitrogen and oxygen atoms in total. The number of unbranched alkanes of at least 4 members (excludes halogenated alkanes) is 1. The Hall–Kier alpha value is -3.68. The highest BCUT2D eigenvalue weighted by molar-refractivity contribution is 7.90. The average Bonchev–Trinajstić information content (AvgIpc) is 2.95. The van der Waals surface area contributed by atoms with E-state index in [1.54, 1.807) is 0 Å². The molecule has 1 fully saturated rings. The van der Waals surface area contributed by atoms with Crippen LogP contribution in [0.3, 0.4) is 0 Å². The fourth-order valence-corrected chi connectivity index (χ4v) is 6.60. The lowest BCUT2D eigenvalue weighted by molar-refractivity contribution is -0.143. The molecule has 2 amide bonds. The van der Waals surface area contributed by atoms with Crippen molar-refractivity contribution in [1.29, 1.82) is 0 Å². The molecule has 2 atom stereocenters. The molecule has 1 aliphatic rings. The first-order valence-electron chi connectivity index (χ1n) is 14.6. The monoisotopic (exact) mass is 657 g/mol. The van der Waals surface area contributed by atoms with Crippen LogP contribution in [0.15, 0.2) is 48.5 Å². The van der Waals surface area contributed by atoms with Crippen molar-refractivity contribution in [3.05, 3.63) is 65.2 Å². The van der Waals surface area contributed by atoms with Gasteiger partial charge in [-0.25, -0.2) is 13.4 Å². The number of benzene rings is 2. The first-order chi connectivity index (χ1) is 21.1. The summed E-state index contributed by atoms with van der Waals surface area (Å²) in [5.74, 6) is -2.12. The van der Waals surface area contributed by atoms with E-state index in [4.69, 9.17) is 0 Å². The fraction of sp³-hybridized carbons (Fsp3) is 0.452. The summed E-state index contributed by atoms with van der Waals surface area (Å²) >= 11 is 0. The molecule has 0 saturated heterocycles. The Labute approximate surface area is 256 Å². The minimum Gasteiger partial charge on any atom is -0.349 e. The number of carbonyl (C=O) groups is 2. The standard InChI is InChI=1S/C31H33F6N3O4S/c1-2-3-14-45(43,44)40-29(42)24-8-6-4-5-7-9-27(24)39-28(41)20-11-13-25-19(15-20)10-12-26(38-25)21-16-22(30(32,33)34)18-23(17-21)31(35,36)37/h10-13,15-18,24,27H,2-9,14H2,1H3,(H,39,41)(H,40,42)/t24?,27-/m0/s1. The zero-order chi connectivity index (χ0) is 33.0. The van der Waals surface area contributed by atoms with Crippen LogP contribution in [0.1, 0.15) is 79.8 Å². The Morgan fingerprint density at radius 3 is 2.13 bits per heavy atom. The van der Waals surface area contributed by atoms with E-state index in [-0.39, 0.29) is 34.2 Å². The van der Waals surface area contributed by atoms with Crippen molar-refractivity contribution in [2.45, 2.75) is 76.7 Å². The van der Waals surface area contributed by atoms with Gasteiger partial charge in [0.05, 0.1) is 34.0 Å². The number of nitrogens with one attached hydrogen (secondary N) is 2. The Morgan fingerprint density at radius 1 is 0.867 bits per heavy atom. The molecule has 0 aliphatic heterocycles. The maximum atomic E-state index is 13.3. The van der Waals surface area contributed by atoms with Crippen LogP contribution >= 0.6 is 0 Å². The first-order valence-corrected chi connectivity index (χ1v) is 16.3. The van der Waals surface area contributed by atoms with E-state index < -0.39 is 57.3 Å². The SMILES string of the molecule is CCCCS(=O)(=O)NC(=O)C1CCCCCC[C@@H]1NC(=O)c1ccc2nc(-c3cc(C(F)(F)F)cc(C(F)(F)F)c3)ccc2c1. The van der Waals surface area contributed by atoms with Crippen molar-refractivity contribution < 1.29 is 44.3 Å². The minimum atomic E-state index is -5.01. The van der Waals surface area contributed by atoms with Gasteiger partial charge < -0.3 is 5.32 Å². The largest absolute Gasteiger partial charge is 0.416 e. The summed E-state index contributed by atoms with van der Waals surface area (Å²) in [7, 11) is -3.82. The number of aromatic nitrogens is 1. The van der Waals surface area contributed by atoms with E-state index in [1.165, 1.54) is 30.3 Å². The summed E-state index contributed by atoms with van der Waals surface area (Å²) in [4.78, 5) is 30.6. The van der Waals surface area contributed by atoms with Crippen LogP contribution in [0.2, 0.25) is 0 Å². The van der Waals surface area contributed by atoms with Gasteiger partial charge in [0.1, 0.15) is 0 Å². The Balaban J connectivity index is 1.58. The number of hydrogen-bond donors (Lipinski definition) is 2. The van der Waals surface area contributed by atoms with E-state index in [2.05, 4.69) is 15.0 Å². The number of amides is 2. The van der Waals surface area contributed by atoms with Gasteiger partial charge >= 0.3 is 12.4 Å². The number of sulfonamides is 1. The summed E-state index contributed by atoms with van der Waals surface area (Å²) in [6.45, 7) is 1.84. The lowest BCUT2D eigenvalue weighted by Gasteiger charge is -2.29. The summed E-state index contributed by atoms with van der Waals surface area (Å²) in [6.07, 6.45) is -4.90. The molecule has 2 aromatic carbocycles. The van der Waals surface area contributed by atoms with Crippen LogP contribution in [-0.2, 0) is 27.2 Å². The highest BCUT2D eigenvalue weighted by atomic mass is 32.2. The van der Waals surface area contributed by atoms with Gasteiger partial charge in [0, 0.05) is 22.6 Å². The van der Waals surface area contributed by atoms with Gasteiger partial charge in [0.15, 0.2) is 0 Å². The van der Waals surface area contributed by atoms with E-state index in [0.29, 0.717) is 49.6 Å². The smallest absolute Gasteiger partial charge is 0.349 e. The van der Waals surface area contributed by atoms with Crippen molar-refractivity contribution in [1.82, 2.24) is 15.0 Å². The molecular weight excluding hydrogens is 624 g/mol. The summed E-state index contributed by atoms with van der Waals surface area (Å²) < 4.78 is 107. The molecule has 0 spiro atoms. The zero-order valence-electron chi connectivity index (χ0n) is 24.4. The normalized spacial score (nSPS) is 18.2. The van der Waals surface area contributed by atoms with Gasteiger partial charge in [-0.1, -0.05) is 45.1 Å². The molecule has 244 valence electrons. The number of hydrogen-bond acceptors (Lipinski definition) is 5. The van der Waals surface area contributed by atoms with Gasteiger partial charge in [0.2, 0.25) is 15.9 Å². The molecule has 45 heavy (non-hydrogen) atoms. The molecule has 0 bridgehead atoms. The Kier molecular flexibility index (Phi) is 10.5. The predicted molar refractivity (Wildman–Crippen MR) is 156 cm³/mol. The van der Waals surface area contributed by atoms with E-state index in [9.17, 15) is 44.3 Å². The third kappa shape index (κ3) is 8.95. The highest BCUT2D eigenvalue weighted by Gasteiger charge is 2.37. The van der Waals surface area contributed by atoms with Crippen molar-refractivity contribution in [3.8, 4) is 11.3 Å². The summed E-state index contributed by atoms with van der Waals surface area (Å²) in [5, 5.41) is 3.28. The Morgan fingerprint density at radius 2 is 1.51 bits per heavy atom. The topological polar surface area (TPSA) is 105 Å². The average molecular weight is 658 g/mol. The molecular formula is C31H33F6N3O4S. The van der Waals surface area contributed by atoms with Gasteiger partial charge in [-0.15, -0.1) is 0 Å². The van der Waals surface area contributed by atoms with Gasteiger partial charge in [-0.05, 0) is 61.7 Å². The molecule has 1 unspecified atom stereocenters. The number of carbonyl (C=O) groups excluding carboxylic acids is 2. The maximum Gasteiger partial charge on any atom is 0.416 e. The van der Waals surface area contributed by atoms with Crippen molar-refractivity contribution in [2.75, 3.05) is 5.75 Å². The molecule has 2 N–H and O–H groups in total. The van der Waals surface area contributed by atoms with E-state index in [1.807, 2.05) is 6.92 Å². The molecule has 1 aliphatic carbocycles. The van der Waals surface area contributed by atoms with E-state index >= 15 is 0 Å². The first kappa shape index (κ1) is 34.2. The van der Waals surface area contributed by atoms with Crippen LogP contribution in [0.5, 0.6) is 0 Å². The lowest BCUT2D eigenvalue weighted by atomic mass is 9.86. The van der Waals surface area contributed by atoms with Crippen LogP contribution in [0.4, 0.5) is 26.3 Å². The fourth-order valence-electron chi connectivity index (χ4n) is 5.37. The number of rotatable bonds is 8. The van der Waals surface area contributed by atoms with Gasteiger partial charge in [-0.2, -0.15) is 26.3 Å². The second-order valence-electron chi connectivity index (χ2n) is 11.2. The number of nitrogens with zero attached hydrogens (tertiary/aromatic N) is 1. The van der Waals surface area contributed by atoms with Crippen molar-refractivity contribution >= 4 is 32.7 Å². The number of alkyl halides is 6. The zero-order valence-corrected chi connectivity index (χ0v) is 25.2. The van der Waals surface area contributed by atoms with Gasteiger partial charge in [0.25, 0.3) is 5.91 Å². The van der Waals surface area contributed by atoms with Crippen LogP contribution in [-0.4, -0.2) is 37.0 Å². The Bertz CT molecular complexity index is 1630. The van der Waals surface area contributed by atoms with Crippen LogP contribution < -0.4 is 10.0 Å². The molecule has 1 aromatic heterocycles. The molecule has 4 rings (SSSR count). The summed E-state index contributed by atoms with van der Waals surface area (Å²) in [6, 6.07) is 7.64. The van der Waals surface area contributed by atoms with Crippen LogP contribution in [0, 0.1) is 5.92 Å². The number of fused-ring (bicyclic) bond motifs is 1. The highest BCUT2D eigenvalue weighted by Crippen LogP contribution is 2.38. The second-order valence-corrected chi connectivity index (χ2v) is 13.1. The molecule has 1 saturated carbocycles. The van der Waals surface area contributed by atoms with Crippen molar-refractivity contribution in [2.24, 2.45) is 5.92 Å². The van der Waals surface area contributed by atoms with Gasteiger partial charge in [-0.3, -0.25) is 14.3 Å². The number of halogens is 6. The quantitative estimate of drug-likeness (QED) is 0.248. The van der Waals surface area contributed by atoms with E-state index in [0.717, 1.165) is 19.3 Å². The second kappa shape index (κ2) is 13.8. The molecule has 1 heterocycles. The minimum absolute atomic E-state index is 0.0467. The molecule has 0 radical (unpaired) electrons. The molecule has 3 aromatic rings. The third-order valence-corrected chi connectivity index (χ3v) is 9.12. The molecule has 14 heteroatoms.